The number of ether oxygens (including phenoxy) is 4. The van der Waals surface area contributed by atoms with Gasteiger partial charge in [0.2, 0.25) is 0 Å². The third-order valence-corrected chi connectivity index (χ3v) is 7.35. The third kappa shape index (κ3) is 10.4. The molecule has 2 rings (SSSR count). The Labute approximate surface area is 236 Å². The first-order valence-electron chi connectivity index (χ1n) is 14.5. The van der Waals surface area contributed by atoms with E-state index in [9.17, 15) is 24.3 Å². The molecule has 10 heteroatoms. The molecular formula is C30H45NO9. The lowest BCUT2D eigenvalue weighted by Crippen LogP contribution is -2.43. The summed E-state index contributed by atoms with van der Waals surface area (Å²) in [7, 11) is 0. The van der Waals surface area contributed by atoms with Crippen LogP contribution in [0, 0.1) is 5.92 Å². The highest BCUT2D eigenvalue weighted by atomic mass is 16.7. The fourth-order valence-corrected chi connectivity index (χ4v) is 4.78. The molecule has 0 spiro atoms. The standard InChI is InChI=1S/C30H45NO9/c1-5-7-14-25(32)39-23-17-16-21(18-24(23)40-26(33)15-8-6-2)27(28(31)29(34)35)19(3)20(4)37-30(36)38-22-12-10-9-11-13-22/h16-20,22,27-28H,5-15,31H2,1-4H3,(H,34,35)/t19?,20?,27?,28-/m0/s1. The topological polar surface area (TPSA) is 151 Å². The summed E-state index contributed by atoms with van der Waals surface area (Å²) in [5.41, 5.74) is 6.57. The van der Waals surface area contributed by atoms with Crippen LogP contribution in [0.5, 0.6) is 11.5 Å². The predicted octanol–water partition coefficient (Wildman–Crippen LogP) is 5.88. The second-order valence-electron chi connectivity index (χ2n) is 10.6. The Morgan fingerprint density at radius 3 is 2.05 bits per heavy atom. The van der Waals surface area contributed by atoms with Crippen LogP contribution in [0.15, 0.2) is 18.2 Å². The maximum atomic E-state index is 12.5. The van der Waals surface area contributed by atoms with Gasteiger partial charge in [-0.3, -0.25) is 14.4 Å². The Balaban J connectivity index is 2.32. The van der Waals surface area contributed by atoms with Crippen molar-refractivity contribution in [2.75, 3.05) is 0 Å². The molecular weight excluding hydrogens is 518 g/mol. The van der Waals surface area contributed by atoms with Gasteiger partial charge in [0.25, 0.3) is 0 Å². The van der Waals surface area contributed by atoms with Gasteiger partial charge in [-0.2, -0.15) is 0 Å². The Morgan fingerprint density at radius 1 is 0.925 bits per heavy atom. The largest absolute Gasteiger partial charge is 0.508 e. The van der Waals surface area contributed by atoms with Gasteiger partial charge in [0.1, 0.15) is 18.2 Å². The summed E-state index contributed by atoms with van der Waals surface area (Å²) in [6, 6.07) is 3.17. The summed E-state index contributed by atoms with van der Waals surface area (Å²) in [5, 5.41) is 9.80. The van der Waals surface area contributed by atoms with E-state index in [-0.39, 0.29) is 30.4 Å². The van der Waals surface area contributed by atoms with Gasteiger partial charge in [-0.05, 0) is 63.1 Å². The number of unbranched alkanes of at least 4 members (excludes halogenated alkanes) is 2. The molecule has 0 heterocycles. The van der Waals surface area contributed by atoms with Gasteiger partial charge in [0.05, 0.1) is 0 Å². The quantitative estimate of drug-likeness (QED) is 0.195. The SMILES string of the molecule is CCCCC(=O)Oc1ccc(C(C(C)C(C)OC(=O)OC2CCCCC2)[C@H](N)C(=O)O)cc1OC(=O)CCCC. The number of carboxylic acids is 1. The van der Waals surface area contributed by atoms with Crippen LogP contribution in [-0.4, -0.2) is 47.4 Å². The molecule has 0 saturated heterocycles. The lowest BCUT2D eigenvalue weighted by molar-refractivity contribution is -0.140. The highest BCUT2D eigenvalue weighted by molar-refractivity contribution is 5.77. The maximum Gasteiger partial charge on any atom is 0.508 e. The van der Waals surface area contributed by atoms with Gasteiger partial charge in [-0.1, -0.05) is 46.1 Å². The monoisotopic (exact) mass is 563 g/mol. The number of hydrogen-bond donors (Lipinski definition) is 2. The summed E-state index contributed by atoms with van der Waals surface area (Å²) < 4.78 is 22.0. The predicted molar refractivity (Wildman–Crippen MR) is 148 cm³/mol. The molecule has 40 heavy (non-hydrogen) atoms. The molecule has 1 aromatic rings. The molecule has 0 radical (unpaired) electrons. The first kappa shape index (κ1) is 33.1. The smallest absolute Gasteiger partial charge is 0.480 e. The van der Waals surface area contributed by atoms with Crippen molar-refractivity contribution in [3.8, 4) is 11.5 Å². The number of aliphatic carboxylic acids is 1. The molecule has 10 nitrogen and oxygen atoms in total. The molecule has 1 aromatic carbocycles. The highest BCUT2D eigenvalue weighted by Gasteiger charge is 2.36. The average molecular weight is 564 g/mol. The van der Waals surface area contributed by atoms with E-state index in [4.69, 9.17) is 24.7 Å². The zero-order chi connectivity index (χ0) is 29.7. The van der Waals surface area contributed by atoms with E-state index in [2.05, 4.69) is 0 Å². The van der Waals surface area contributed by atoms with Crippen LogP contribution in [0.2, 0.25) is 0 Å². The van der Waals surface area contributed by atoms with Gasteiger partial charge in [-0.15, -0.1) is 0 Å². The summed E-state index contributed by atoms with van der Waals surface area (Å²) in [5.74, 6) is -3.55. The van der Waals surface area contributed by atoms with Crippen molar-refractivity contribution in [2.24, 2.45) is 11.7 Å². The molecule has 1 saturated carbocycles. The molecule has 0 aromatic heterocycles. The number of carbonyl (C=O) groups is 4. The van der Waals surface area contributed by atoms with E-state index in [1.807, 2.05) is 13.8 Å². The second kappa shape index (κ2) is 16.8. The molecule has 1 aliphatic carbocycles. The minimum absolute atomic E-state index is 0.00326. The van der Waals surface area contributed by atoms with Crippen LogP contribution in [0.4, 0.5) is 4.79 Å². The number of carboxylic acid groups (broad SMARTS) is 1. The minimum Gasteiger partial charge on any atom is -0.480 e. The third-order valence-electron chi connectivity index (χ3n) is 7.35. The van der Waals surface area contributed by atoms with Crippen molar-refractivity contribution in [3.05, 3.63) is 23.8 Å². The lowest BCUT2D eigenvalue weighted by Gasteiger charge is -2.32. The van der Waals surface area contributed by atoms with Crippen LogP contribution in [0.25, 0.3) is 0 Å². The lowest BCUT2D eigenvalue weighted by atomic mass is 9.79. The number of hydrogen-bond acceptors (Lipinski definition) is 9. The molecule has 3 unspecified atom stereocenters. The molecule has 0 bridgehead atoms. The normalized spacial score (nSPS) is 16.7. The van der Waals surface area contributed by atoms with Crippen molar-refractivity contribution in [1.29, 1.82) is 0 Å². The van der Waals surface area contributed by atoms with E-state index in [0.717, 1.165) is 44.9 Å². The Morgan fingerprint density at radius 2 is 1.50 bits per heavy atom. The Bertz CT molecular complexity index is 989. The van der Waals surface area contributed by atoms with Crippen LogP contribution in [0.3, 0.4) is 0 Å². The first-order chi connectivity index (χ1) is 19.1. The van der Waals surface area contributed by atoms with Crippen molar-refractivity contribution in [2.45, 2.75) is 122 Å². The van der Waals surface area contributed by atoms with E-state index < -0.39 is 48.0 Å². The van der Waals surface area contributed by atoms with Gasteiger partial charge >= 0.3 is 24.1 Å². The van der Waals surface area contributed by atoms with Crippen molar-refractivity contribution < 1.29 is 43.2 Å². The zero-order valence-electron chi connectivity index (χ0n) is 24.2. The van der Waals surface area contributed by atoms with Crippen molar-refractivity contribution in [3.63, 3.8) is 0 Å². The number of rotatable bonds is 15. The van der Waals surface area contributed by atoms with E-state index in [1.165, 1.54) is 12.1 Å². The van der Waals surface area contributed by atoms with E-state index in [0.29, 0.717) is 18.4 Å². The molecule has 4 atom stereocenters. The molecule has 1 aliphatic rings. The second-order valence-corrected chi connectivity index (χ2v) is 10.6. The molecule has 1 fully saturated rings. The number of esters is 2. The fraction of sp³-hybridized carbons (Fsp3) is 0.667. The van der Waals surface area contributed by atoms with E-state index >= 15 is 0 Å². The van der Waals surface area contributed by atoms with Gasteiger partial charge in [0, 0.05) is 24.7 Å². The summed E-state index contributed by atoms with van der Waals surface area (Å²) in [4.78, 5) is 49.3. The van der Waals surface area contributed by atoms with Crippen LogP contribution < -0.4 is 15.2 Å². The number of nitrogens with two attached hydrogens (primary N) is 1. The number of carbonyl (C=O) groups excluding carboxylic acids is 3. The Kier molecular flexibility index (Phi) is 13.9. The van der Waals surface area contributed by atoms with Crippen molar-refractivity contribution >= 4 is 24.1 Å². The zero-order valence-corrected chi connectivity index (χ0v) is 24.2. The molecule has 0 amide bonds. The highest BCUT2D eigenvalue weighted by Crippen LogP contribution is 2.37. The average Bonchev–Trinajstić information content (AvgIpc) is 2.92. The summed E-state index contributed by atoms with van der Waals surface area (Å²) >= 11 is 0. The minimum atomic E-state index is -1.36. The molecule has 224 valence electrons. The first-order valence-corrected chi connectivity index (χ1v) is 14.5. The van der Waals surface area contributed by atoms with E-state index in [1.54, 1.807) is 19.9 Å². The van der Waals surface area contributed by atoms with Gasteiger partial charge in [-0.25, -0.2) is 4.79 Å². The molecule has 0 aliphatic heterocycles. The summed E-state index contributed by atoms with van der Waals surface area (Å²) in [6.45, 7) is 7.29. The van der Waals surface area contributed by atoms with Gasteiger partial charge in [0.15, 0.2) is 11.5 Å². The maximum absolute atomic E-state index is 12.5. The number of benzene rings is 1. The van der Waals surface area contributed by atoms with Crippen LogP contribution >= 0.6 is 0 Å². The van der Waals surface area contributed by atoms with Crippen LogP contribution in [0.1, 0.15) is 110 Å². The van der Waals surface area contributed by atoms with Crippen molar-refractivity contribution in [1.82, 2.24) is 0 Å². The molecule has 3 N–H and O–H groups in total. The van der Waals surface area contributed by atoms with Gasteiger partial charge < -0.3 is 29.8 Å². The Hall–Kier alpha value is -3.14. The fourth-order valence-electron chi connectivity index (χ4n) is 4.78. The van der Waals surface area contributed by atoms with Crippen LogP contribution in [-0.2, 0) is 23.9 Å². The summed E-state index contributed by atoms with van der Waals surface area (Å²) in [6.07, 6.45) is 6.23.